The molecule has 2 saturated heterocycles. The van der Waals surface area contributed by atoms with Crippen LogP contribution in [0, 0.1) is 13.8 Å². The summed E-state index contributed by atoms with van der Waals surface area (Å²) < 4.78 is 33.7. The lowest BCUT2D eigenvalue weighted by Crippen LogP contribution is -2.38. The molecule has 0 bridgehead atoms. The Labute approximate surface area is 287 Å². The first-order valence-corrected chi connectivity index (χ1v) is 17.0. The van der Waals surface area contributed by atoms with Gasteiger partial charge in [0.2, 0.25) is 0 Å². The third-order valence-electron chi connectivity index (χ3n) is 9.14. The quantitative estimate of drug-likeness (QED) is 0.212. The smallest absolute Gasteiger partial charge is 0.339 e. The van der Waals surface area contributed by atoms with Crippen molar-refractivity contribution in [2.24, 2.45) is 0 Å². The highest BCUT2D eigenvalue weighted by molar-refractivity contribution is 6.36. The Hall–Kier alpha value is -3.16. The Morgan fingerprint density at radius 3 is 1.50 bits per heavy atom. The van der Waals surface area contributed by atoms with Crippen molar-refractivity contribution in [2.45, 2.75) is 32.8 Å². The maximum absolute atomic E-state index is 12.9. The highest BCUT2D eigenvalue weighted by Gasteiger charge is 2.21. The highest BCUT2D eigenvalue weighted by atomic mass is 35.5. The Morgan fingerprint density at radius 1 is 0.708 bits per heavy atom. The van der Waals surface area contributed by atoms with E-state index in [0.29, 0.717) is 50.4 Å². The molecular weight excluding hydrogens is 663 g/mol. The van der Waals surface area contributed by atoms with Gasteiger partial charge in [0.25, 0.3) is 0 Å². The molecular formula is C35H40Cl2N2O9. The van der Waals surface area contributed by atoms with Crippen LogP contribution in [-0.2, 0) is 22.3 Å². The second-order valence-electron chi connectivity index (χ2n) is 12.2. The topological polar surface area (TPSA) is 124 Å². The summed E-state index contributed by atoms with van der Waals surface area (Å²) in [4.78, 5) is 30.4. The minimum atomic E-state index is -1.06. The predicted octanol–water partition coefficient (Wildman–Crippen LogP) is 4.39. The van der Waals surface area contributed by atoms with E-state index in [-0.39, 0.29) is 45.9 Å². The molecule has 0 amide bonds. The second-order valence-corrected chi connectivity index (χ2v) is 12.9. The number of aliphatic hydroxyl groups excluding tert-OH is 1. The van der Waals surface area contributed by atoms with E-state index in [9.17, 15) is 14.7 Å². The third-order valence-corrected chi connectivity index (χ3v) is 9.86. The lowest BCUT2D eigenvalue weighted by atomic mass is 10.0. The van der Waals surface area contributed by atoms with Gasteiger partial charge in [-0.15, -0.1) is 0 Å². The summed E-state index contributed by atoms with van der Waals surface area (Å²) in [6, 6.07) is 6.98. The summed E-state index contributed by atoms with van der Waals surface area (Å²) in [7, 11) is 0. The van der Waals surface area contributed by atoms with Gasteiger partial charge < -0.3 is 32.9 Å². The average molecular weight is 704 g/mol. The van der Waals surface area contributed by atoms with Crippen LogP contribution < -0.4 is 20.7 Å². The highest BCUT2D eigenvalue weighted by Crippen LogP contribution is 2.36. The lowest BCUT2D eigenvalue weighted by molar-refractivity contribution is 0.0383. The molecule has 0 radical (unpaired) electrons. The molecule has 4 heterocycles. The summed E-state index contributed by atoms with van der Waals surface area (Å²) in [5.74, 6) is 0.523. The maximum atomic E-state index is 12.9. The fraction of sp³-hybridized carbons (Fsp3) is 0.486. The van der Waals surface area contributed by atoms with Crippen LogP contribution >= 0.6 is 23.2 Å². The first kappa shape index (κ1) is 34.7. The van der Waals surface area contributed by atoms with E-state index >= 15 is 0 Å². The Balaban J connectivity index is 1.08. The van der Waals surface area contributed by atoms with Gasteiger partial charge in [0.15, 0.2) is 11.2 Å². The van der Waals surface area contributed by atoms with Crippen molar-refractivity contribution in [3.8, 4) is 11.5 Å². The lowest BCUT2D eigenvalue weighted by Gasteiger charge is -2.26. The molecule has 0 spiro atoms. The van der Waals surface area contributed by atoms with E-state index in [2.05, 4.69) is 9.80 Å². The molecule has 48 heavy (non-hydrogen) atoms. The number of morpholine rings is 2. The zero-order valence-corrected chi connectivity index (χ0v) is 28.7. The number of aryl methyl sites for hydroxylation is 2. The zero-order valence-electron chi connectivity index (χ0n) is 27.1. The van der Waals surface area contributed by atoms with Crippen LogP contribution in [0.2, 0.25) is 10.0 Å². The third kappa shape index (κ3) is 7.68. The summed E-state index contributed by atoms with van der Waals surface area (Å²) in [6.07, 6.45) is 0.0709. The van der Waals surface area contributed by atoms with Gasteiger partial charge in [-0.2, -0.15) is 0 Å². The minimum Gasteiger partial charge on any atom is -0.489 e. The molecule has 0 aliphatic carbocycles. The number of ether oxygens (including phenoxy) is 4. The Kier molecular flexibility index (Phi) is 11.3. The van der Waals surface area contributed by atoms with E-state index in [1.165, 1.54) is 0 Å². The van der Waals surface area contributed by atoms with Gasteiger partial charge in [-0.1, -0.05) is 23.2 Å². The number of hydrogen-bond acceptors (Lipinski definition) is 11. The number of hydrogen-bond donors (Lipinski definition) is 1. The standard InChI is InChI=1S/C35H40Cl2N2O9/c1-21-24-3-5-28(30(36)32(24)47-34(41)26(21)7-9-38-11-15-43-16-12-38)45-19-23(40)20-46-29-6-4-25-22(2)27(35(42)48-33(25)31(29)37)8-10-39-13-17-44-18-14-39/h3-6,23,40H,7-20H2,1-2H3. The minimum absolute atomic E-state index is 0.146. The summed E-state index contributed by atoms with van der Waals surface area (Å²) >= 11 is 13.2. The predicted molar refractivity (Wildman–Crippen MR) is 183 cm³/mol. The fourth-order valence-corrected chi connectivity index (χ4v) is 6.73. The van der Waals surface area contributed by atoms with E-state index in [4.69, 9.17) is 51.0 Å². The molecule has 0 atom stereocenters. The van der Waals surface area contributed by atoms with Crippen LogP contribution in [0.5, 0.6) is 11.5 Å². The Bertz CT molecular complexity index is 1750. The van der Waals surface area contributed by atoms with Crippen LogP contribution in [0.3, 0.4) is 0 Å². The van der Waals surface area contributed by atoms with Crippen molar-refractivity contribution in [3.05, 3.63) is 77.4 Å². The van der Waals surface area contributed by atoms with Crippen LogP contribution in [-0.4, -0.2) is 99.9 Å². The van der Waals surface area contributed by atoms with Gasteiger partial charge in [-0.3, -0.25) is 9.80 Å². The number of fused-ring (bicyclic) bond motifs is 2. The molecule has 6 rings (SSSR count). The summed E-state index contributed by atoms with van der Waals surface area (Å²) in [5, 5.41) is 12.4. The number of aliphatic hydroxyl groups is 1. The molecule has 2 aromatic heterocycles. The van der Waals surface area contributed by atoms with E-state index < -0.39 is 17.4 Å². The van der Waals surface area contributed by atoms with Crippen LogP contribution in [0.1, 0.15) is 22.3 Å². The van der Waals surface area contributed by atoms with Gasteiger partial charge in [0.1, 0.15) is 40.9 Å². The van der Waals surface area contributed by atoms with Crippen molar-refractivity contribution < 1.29 is 32.9 Å². The number of halogens is 2. The van der Waals surface area contributed by atoms with Crippen molar-refractivity contribution in [1.82, 2.24) is 9.80 Å². The van der Waals surface area contributed by atoms with Crippen LogP contribution in [0.4, 0.5) is 0 Å². The summed E-state index contributed by atoms with van der Waals surface area (Å²) in [5.41, 5.74) is 2.50. The maximum Gasteiger partial charge on any atom is 0.339 e. The normalized spacial score (nSPS) is 16.3. The van der Waals surface area contributed by atoms with Crippen molar-refractivity contribution in [3.63, 3.8) is 0 Å². The van der Waals surface area contributed by atoms with Crippen LogP contribution in [0.15, 0.2) is 42.7 Å². The average Bonchev–Trinajstić information content (AvgIpc) is 3.09. The van der Waals surface area contributed by atoms with Crippen molar-refractivity contribution in [1.29, 1.82) is 0 Å². The molecule has 4 aromatic rings. The monoisotopic (exact) mass is 702 g/mol. The van der Waals surface area contributed by atoms with E-state index in [1.807, 2.05) is 13.8 Å². The molecule has 2 fully saturated rings. The number of benzene rings is 2. The van der Waals surface area contributed by atoms with Crippen LogP contribution in [0.25, 0.3) is 21.9 Å². The van der Waals surface area contributed by atoms with E-state index in [1.54, 1.807) is 24.3 Å². The van der Waals surface area contributed by atoms with Crippen molar-refractivity contribution >= 4 is 45.1 Å². The van der Waals surface area contributed by atoms with Gasteiger partial charge in [0, 0.05) is 61.2 Å². The number of nitrogens with zero attached hydrogens (tertiary/aromatic N) is 2. The SMILES string of the molecule is Cc1c(CCN2CCOCC2)c(=O)oc2c(Cl)c(OCC(O)COc3ccc4c(C)c(CCN5CCOCC5)c(=O)oc4c3Cl)ccc12. The molecule has 1 N–H and O–H groups in total. The zero-order chi connectivity index (χ0) is 33.8. The van der Waals surface area contributed by atoms with Gasteiger partial charge in [-0.25, -0.2) is 9.59 Å². The molecule has 13 heteroatoms. The first-order valence-electron chi connectivity index (χ1n) is 16.2. The molecule has 2 aromatic carbocycles. The van der Waals surface area contributed by atoms with Gasteiger partial charge >= 0.3 is 11.3 Å². The molecule has 11 nitrogen and oxygen atoms in total. The molecule has 2 aliphatic rings. The second kappa shape index (κ2) is 15.6. The van der Waals surface area contributed by atoms with E-state index in [0.717, 1.165) is 61.2 Å². The van der Waals surface area contributed by atoms with Gasteiger partial charge in [-0.05, 0) is 62.1 Å². The largest absolute Gasteiger partial charge is 0.489 e. The van der Waals surface area contributed by atoms with Crippen molar-refractivity contribution in [2.75, 3.05) is 78.9 Å². The molecule has 0 saturated carbocycles. The summed E-state index contributed by atoms with van der Waals surface area (Å²) in [6.45, 7) is 11.1. The molecule has 2 aliphatic heterocycles. The number of rotatable bonds is 12. The van der Waals surface area contributed by atoms with Gasteiger partial charge in [0.05, 0.1) is 26.4 Å². The molecule has 0 unspecified atom stereocenters. The molecule has 258 valence electrons. The first-order chi connectivity index (χ1) is 23.2. The fourth-order valence-electron chi connectivity index (χ4n) is 6.22. The Morgan fingerprint density at radius 2 is 1.10 bits per heavy atom.